The zero-order valence-electron chi connectivity index (χ0n) is 12.6. The Morgan fingerprint density at radius 1 is 1.04 bits per heavy atom. The molecule has 0 saturated carbocycles. The van der Waals surface area contributed by atoms with Crippen LogP contribution in [0.25, 0.3) is 11.0 Å². The van der Waals surface area contributed by atoms with Crippen LogP contribution in [0.5, 0.6) is 0 Å². The second kappa shape index (κ2) is 5.43. The van der Waals surface area contributed by atoms with Crippen molar-refractivity contribution in [3.05, 3.63) is 74.3 Å². The molecular weight excluding hydrogens is 290 g/mol. The van der Waals surface area contributed by atoms with E-state index in [0.29, 0.717) is 6.54 Å². The van der Waals surface area contributed by atoms with E-state index in [1.54, 1.807) is 4.57 Å². The quantitative estimate of drug-likeness (QED) is 0.713. The number of H-pyrrole nitrogens is 1. The van der Waals surface area contributed by atoms with E-state index in [1.807, 2.05) is 42.5 Å². The van der Waals surface area contributed by atoms with Crippen molar-refractivity contribution in [2.24, 2.45) is 0 Å². The van der Waals surface area contributed by atoms with Gasteiger partial charge in [-0.05, 0) is 30.5 Å². The molecule has 0 bridgehead atoms. The summed E-state index contributed by atoms with van der Waals surface area (Å²) in [5.74, 6) is 0. The van der Waals surface area contributed by atoms with Gasteiger partial charge < -0.3 is 10.3 Å². The van der Waals surface area contributed by atoms with Gasteiger partial charge in [-0.1, -0.05) is 30.3 Å². The maximum absolute atomic E-state index is 12.4. The Morgan fingerprint density at radius 2 is 1.87 bits per heavy atom. The maximum Gasteiger partial charge on any atom is 0.317 e. The number of aromatic amines is 1. The molecule has 3 aromatic rings. The minimum absolute atomic E-state index is 0.395. The summed E-state index contributed by atoms with van der Waals surface area (Å²) >= 11 is 0. The summed E-state index contributed by atoms with van der Waals surface area (Å²) in [5.41, 5.74) is 3.61. The molecular formula is C18H17N3O2. The molecule has 116 valence electrons. The van der Waals surface area contributed by atoms with Gasteiger partial charge in [0.15, 0.2) is 0 Å². The van der Waals surface area contributed by atoms with Gasteiger partial charge in [-0.3, -0.25) is 14.2 Å². The average Bonchev–Trinajstić information content (AvgIpc) is 2.60. The number of benzene rings is 2. The van der Waals surface area contributed by atoms with Gasteiger partial charge >= 0.3 is 11.1 Å². The smallest absolute Gasteiger partial charge is 0.317 e. The lowest BCUT2D eigenvalue weighted by atomic mass is 10.0. The Balaban J connectivity index is 1.97. The molecule has 0 saturated heterocycles. The summed E-state index contributed by atoms with van der Waals surface area (Å²) in [4.78, 5) is 27.3. The van der Waals surface area contributed by atoms with E-state index in [2.05, 4.69) is 10.3 Å². The molecule has 0 spiro atoms. The van der Waals surface area contributed by atoms with Gasteiger partial charge in [-0.2, -0.15) is 0 Å². The third kappa shape index (κ3) is 2.34. The largest absolute Gasteiger partial charge is 0.385 e. The highest BCUT2D eigenvalue weighted by Gasteiger charge is 2.16. The van der Waals surface area contributed by atoms with E-state index in [4.69, 9.17) is 0 Å². The molecule has 0 fully saturated rings. The molecule has 0 atom stereocenters. The van der Waals surface area contributed by atoms with E-state index in [-0.39, 0.29) is 0 Å². The Morgan fingerprint density at radius 3 is 2.70 bits per heavy atom. The van der Waals surface area contributed by atoms with Crippen LogP contribution in [0, 0.1) is 0 Å². The molecule has 2 heterocycles. The lowest BCUT2D eigenvalue weighted by Gasteiger charge is -2.20. The zero-order chi connectivity index (χ0) is 15.8. The molecule has 4 rings (SSSR count). The third-order valence-electron chi connectivity index (χ3n) is 4.36. The van der Waals surface area contributed by atoms with E-state index in [1.165, 1.54) is 0 Å². The number of rotatable bonds is 2. The number of aryl methyl sites for hydroxylation is 1. The number of hydrogen-bond acceptors (Lipinski definition) is 3. The van der Waals surface area contributed by atoms with E-state index < -0.39 is 11.1 Å². The molecule has 2 aromatic carbocycles. The Hall–Kier alpha value is -2.82. The summed E-state index contributed by atoms with van der Waals surface area (Å²) in [6, 6.07) is 13.6. The molecule has 0 amide bonds. The minimum atomic E-state index is -0.563. The fourth-order valence-electron chi connectivity index (χ4n) is 3.24. The van der Waals surface area contributed by atoms with E-state index in [9.17, 15) is 9.59 Å². The van der Waals surface area contributed by atoms with Crippen molar-refractivity contribution in [3.63, 3.8) is 0 Å². The van der Waals surface area contributed by atoms with E-state index in [0.717, 1.165) is 47.2 Å². The van der Waals surface area contributed by atoms with Gasteiger partial charge in [-0.15, -0.1) is 0 Å². The van der Waals surface area contributed by atoms with Crippen molar-refractivity contribution in [1.82, 2.24) is 9.55 Å². The van der Waals surface area contributed by atoms with Crippen molar-refractivity contribution in [3.8, 4) is 0 Å². The van der Waals surface area contributed by atoms with Gasteiger partial charge in [0.2, 0.25) is 0 Å². The molecule has 1 aliphatic heterocycles. The first-order valence-electron chi connectivity index (χ1n) is 7.80. The van der Waals surface area contributed by atoms with Crippen LogP contribution < -0.4 is 16.4 Å². The third-order valence-corrected chi connectivity index (χ3v) is 4.36. The topological polar surface area (TPSA) is 66.9 Å². The molecule has 1 aliphatic rings. The molecule has 0 aliphatic carbocycles. The number of anilines is 1. The fraction of sp³-hybridized carbons (Fsp3) is 0.222. The first kappa shape index (κ1) is 13.8. The summed E-state index contributed by atoms with van der Waals surface area (Å²) in [6.07, 6.45) is 1.92. The van der Waals surface area contributed by atoms with E-state index >= 15 is 0 Å². The fourth-order valence-corrected chi connectivity index (χ4v) is 3.24. The molecule has 23 heavy (non-hydrogen) atoms. The Labute approximate surface area is 132 Å². The molecule has 5 nitrogen and oxygen atoms in total. The molecule has 1 aromatic heterocycles. The highest BCUT2D eigenvalue weighted by atomic mass is 16.2. The number of fused-ring (bicyclic) bond motifs is 3. The zero-order valence-corrected chi connectivity index (χ0v) is 12.6. The van der Waals surface area contributed by atoms with Crippen LogP contribution in [0.3, 0.4) is 0 Å². The van der Waals surface area contributed by atoms with Crippen LogP contribution in [0.1, 0.15) is 17.5 Å². The first-order chi connectivity index (χ1) is 11.2. The number of nitrogens with one attached hydrogen (secondary N) is 2. The summed E-state index contributed by atoms with van der Waals surface area (Å²) in [7, 11) is 0. The highest BCUT2D eigenvalue weighted by molar-refractivity contribution is 5.84. The van der Waals surface area contributed by atoms with Gasteiger partial charge in [0.1, 0.15) is 0 Å². The molecule has 0 unspecified atom stereocenters. The van der Waals surface area contributed by atoms with Crippen LogP contribution >= 0.6 is 0 Å². The lowest BCUT2D eigenvalue weighted by molar-refractivity contribution is 0.771. The average molecular weight is 307 g/mol. The maximum atomic E-state index is 12.4. The van der Waals surface area contributed by atoms with Gasteiger partial charge in [0.05, 0.1) is 17.6 Å². The van der Waals surface area contributed by atoms with Crippen LogP contribution in [0.2, 0.25) is 0 Å². The molecule has 2 N–H and O–H groups in total. The number of hydrogen-bond donors (Lipinski definition) is 2. The van der Waals surface area contributed by atoms with Gasteiger partial charge in [0, 0.05) is 17.8 Å². The Kier molecular flexibility index (Phi) is 3.26. The van der Waals surface area contributed by atoms with Crippen molar-refractivity contribution in [2.45, 2.75) is 19.4 Å². The number of nitrogens with zero attached hydrogens (tertiary/aromatic N) is 1. The van der Waals surface area contributed by atoms with Crippen LogP contribution in [-0.4, -0.2) is 16.1 Å². The summed E-state index contributed by atoms with van der Waals surface area (Å²) in [5, 5.41) is 3.35. The molecule has 0 radical (unpaired) electrons. The minimum Gasteiger partial charge on any atom is -0.385 e. The van der Waals surface area contributed by atoms with Crippen molar-refractivity contribution < 1.29 is 0 Å². The first-order valence-corrected chi connectivity index (χ1v) is 7.80. The van der Waals surface area contributed by atoms with Crippen LogP contribution in [0.15, 0.2) is 52.1 Å². The van der Waals surface area contributed by atoms with Crippen molar-refractivity contribution in [1.29, 1.82) is 0 Å². The standard InChI is InChI=1S/C18H17N3O2/c22-17-18(23)21(11-12-5-2-1-3-6-12)15-9-8-14-13(16(15)20-17)7-4-10-19-14/h1-3,5-6,8-9,19H,4,7,10-11H2,(H,20,22). The highest BCUT2D eigenvalue weighted by Crippen LogP contribution is 2.27. The summed E-state index contributed by atoms with van der Waals surface area (Å²) in [6.45, 7) is 1.33. The monoisotopic (exact) mass is 307 g/mol. The van der Waals surface area contributed by atoms with Crippen molar-refractivity contribution in [2.75, 3.05) is 11.9 Å². The predicted molar refractivity (Wildman–Crippen MR) is 91.2 cm³/mol. The normalized spacial score (nSPS) is 13.6. The predicted octanol–water partition coefficient (Wildman–Crippen LogP) is 2.10. The van der Waals surface area contributed by atoms with Gasteiger partial charge in [0.25, 0.3) is 0 Å². The second-order valence-corrected chi connectivity index (χ2v) is 5.85. The van der Waals surface area contributed by atoms with Crippen LogP contribution in [-0.2, 0) is 13.0 Å². The Bertz CT molecular complexity index is 987. The van der Waals surface area contributed by atoms with Gasteiger partial charge in [-0.25, -0.2) is 0 Å². The van der Waals surface area contributed by atoms with Crippen molar-refractivity contribution >= 4 is 16.7 Å². The SMILES string of the molecule is O=c1[nH]c2c3c(ccc2n(Cc2ccccc2)c1=O)NCCC3. The van der Waals surface area contributed by atoms with Crippen LogP contribution in [0.4, 0.5) is 5.69 Å². The number of aromatic nitrogens is 2. The summed E-state index contributed by atoms with van der Waals surface area (Å²) < 4.78 is 1.57. The molecule has 5 heteroatoms. The second-order valence-electron chi connectivity index (χ2n) is 5.85. The lowest BCUT2D eigenvalue weighted by Crippen LogP contribution is -2.37.